The molecule has 1 saturated carbocycles. The van der Waals surface area contributed by atoms with Gasteiger partial charge < -0.3 is 16.2 Å². The zero-order valence-corrected chi connectivity index (χ0v) is 24.2. The fourth-order valence-corrected chi connectivity index (χ4v) is 2.91. The SMILES string of the molecule is C=C(C)CCCCN.CC.CC(C)(C)CN.CCCCCCCCOC(=O)CC1(C)CC1C. The standard InChI is InChI=1S/C15H28O2.C7H15N.C5H13N.C2H6/c1-4-5-6-7-8-9-10-17-14(16)12-15(3)11-13(15)2;1-7(2)5-3-4-6-8;1-5(2,3)4-6;1-2/h13H,4-12H2,1-3H3;1,3-6,8H2,2H3;4,6H2,1-3H3;1-2H3. The molecule has 4 nitrogen and oxygen atoms in total. The normalized spacial score (nSPS) is 18.5. The fourth-order valence-electron chi connectivity index (χ4n) is 2.91. The van der Waals surface area contributed by atoms with Gasteiger partial charge in [-0.1, -0.05) is 93.1 Å². The maximum atomic E-state index is 11.6. The lowest BCUT2D eigenvalue weighted by Gasteiger charge is -2.12. The molecular weight excluding hydrogens is 408 g/mol. The molecule has 33 heavy (non-hydrogen) atoms. The van der Waals surface area contributed by atoms with E-state index < -0.39 is 0 Å². The molecule has 0 bridgehead atoms. The molecule has 0 radical (unpaired) electrons. The molecule has 0 aromatic carbocycles. The van der Waals surface area contributed by atoms with E-state index in [1.807, 2.05) is 13.8 Å². The van der Waals surface area contributed by atoms with Crippen LogP contribution in [-0.4, -0.2) is 25.7 Å². The Bertz CT molecular complexity index is 457. The van der Waals surface area contributed by atoms with E-state index in [0.29, 0.717) is 24.4 Å². The quantitative estimate of drug-likeness (QED) is 0.162. The number of unbranched alkanes of at least 4 members (excludes halogenated alkanes) is 6. The molecule has 0 aromatic heterocycles. The molecule has 4 N–H and O–H groups in total. The van der Waals surface area contributed by atoms with Crippen LogP contribution in [0, 0.1) is 16.7 Å². The van der Waals surface area contributed by atoms with Gasteiger partial charge in [-0.3, -0.25) is 4.79 Å². The van der Waals surface area contributed by atoms with Crippen LogP contribution in [-0.2, 0) is 9.53 Å². The van der Waals surface area contributed by atoms with Gasteiger partial charge in [-0.15, -0.1) is 6.58 Å². The van der Waals surface area contributed by atoms with Crippen LogP contribution < -0.4 is 11.5 Å². The minimum absolute atomic E-state index is 0.00501. The summed E-state index contributed by atoms with van der Waals surface area (Å²) in [6.07, 6.45) is 12.7. The van der Waals surface area contributed by atoms with E-state index in [4.69, 9.17) is 16.2 Å². The Labute approximate surface area is 208 Å². The van der Waals surface area contributed by atoms with Gasteiger partial charge in [0.15, 0.2) is 0 Å². The lowest BCUT2D eigenvalue weighted by molar-refractivity contribution is -0.145. The van der Waals surface area contributed by atoms with E-state index >= 15 is 0 Å². The first-order valence-electron chi connectivity index (χ1n) is 13.6. The van der Waals surface area contributed by atoms with Crippen molar-refractivity contribution < 1.29 is 9.53 Å². The summed E-state index contributed by atoms with van der Waals surface area (Å²) < 4.78 is 5.27. The van der Waals surface area contributed by atoms with Crippen molar-refractivity contribution in [2.75, 3.05) is 19.7 Å². The van der Waals surface area contributed by atoms with Crippen LogP contribution >= 0.6 is 0 Å². The highest BCUT2D eigenvalue weighted by Crippen LogP contribution is 2.54. The van der Waals surface area contributed by atoms with Crippen molar-refractivity contribution in [1.82, 2.24) is 0 Å². The summed E-state index contributed by atoms with van der Waals surface area (Å²) in [7, 11) is 0. The molecule has 1 aliphatic rings. The first-order valence-corrected chi connectivity index (χ1v) is 13.6. The second kappa shape index (κ2) is 22.9. The summed E-state index contributed by atoms with van der Waals surface area (Å²) in [6.45, 7) is 25.0. The van der Waals surface area contributed by atoms with Crippen LogP contribution in [0.25, 0.3) is 0 Å². The van der Waals surface area contributed by atoms with Crippen molar-refractivity contribution in [1.29, 1.82) is 0 Å². The van der Waals surface area contributed by atoms with Gasteiger partial charge in [-0.25, -0.2) is 0 Å². The molecule has 0 aliphatic heterocycles. The Morgan fingerprint density at radius 1 is 1.03 bits per heavy atom. The van der Waals surface area contributed by atoms with Crippen molar-refractivity contribution in [3.05, 3.63) is 12.2 Å². The zero-order chi connectivity index (χ0) is 26.3. The molecule has 4 heteroatoms. The molecule has 200 valence electrons. The molecular formula is C29H62N2O2. The predicted molar refractivity (Wildman–Crippen MR) is 148 cm³/mol. The van der Waals surface area contributed by atoms with Crippen LogP contribution in [0.15, 0.2) is 12.2 Å². The summed E-state index contributed by atoms with van der Waals surface area (Å²) in [5, 5.41) is 0. The Morgan fingerprint density at radius 2 is 1.52 bits per heavy atom. The average Bonchev–Trinajstić information content (AvgIpc) is 3.34. The highest BCUT2D eigenvalue weighted by molar-refractivity contribution is 5.70. The van der Waals surface area contributed by atoms with Gasteiger partial charge in [0.25, 0.3) is 0 Å². The first-order chi connectivity index (χ1) is 15.4. The topological polar surface area (TPSA) is 78.3 Å². The van der Waals surface area contributed by atoms with Gasteiger partial charge in [0.2, 0.25) is 0 Å². The summed E-state index contributed by atoms with van der Waals surface area (Å²) >= 11 is 0. The number of esters is 1. The first kappa shape index (κ1) is 36.7. The minimum atomic E-state index is 0.00501. The number of hydrogen-bond acceptors (Lipinski definition) is 4. The molecule has 0 saturated heterocycles. The third kappa shape index (κ3) is 29.1. The maximum absolute atomic E-state index is 11.6. The van der Waals surface area contributed by atoms with E-state index in [1.165, 1.54) is 50.5 Å². The van der Waals surface area contributed by atoms with E-state index in [0.717, 1.165) is 32.4 Å². The molecule has 1 aliphatic carbocycles. The second-order valence-electron chi connectivity index (χ2n) is 10.9. The Balaban J connectivity index is -0.000000468. The number of carbonyl (C=O) groups excluding carboxylic acids is 1. The van der Waals surface area contributed by atoms with Crippen molar-refractivity contribution in [2.45, 2.75) is 133 Å². The number of hydrogen-bond donors (Lipinski definition) is 2. The van der Waals surface area contributed by atoms with Gasteiger partial charge in [0.1, 0.15) is 0 Å². The van der Waals surface area contributed by atoms with E-state index in [9.17, 15) is 4.79 Å². The largest absolute Gasteiger partial charge is 0.466 e. The van der Waals surface area contributed by atoms with Crippen molar-refractivity contribution in [3.8, 4) is 0 Å². The van der Waals surface area contributed by atoms with Gasteiger partial charge in [-0.05, 0) is 68.9 Å². The Morgan fingerprint density at radius 3 is 1.91 bits per heavy atom. The minimum Gasteiger partial charge on any atom is -0.466 e. The third-order valence-electron chi connectivity index (χ3n) is 5.78. The molecule has 0 aromatic rings. The van der Waals surface area contributed by atoms with E-state index in [-0.39, 0.29) is 11.4 Å². The number of carbonyl (C=O) groups is 1. The van der Waals surface area contributed by atoms with Gasteiger partial charge in [0.05, 0.1) is 13.0 Å². The Hall–Kier alpha value is -0.870. The summed E-state index contributed by atoms with van der Waals surface area (Å²) in [5.41, 5.74) is 12.4. The van der Waals surface area contributed by atoms with Crippen LogP contribution in [0.1, 0.15) is 133 Å². The average molecular weight is 471 g/mol. The fraction of sp³-hybridized carbons (Fsp3) is 0.897. The summed E-state index contributed by atoms with van der Waals surface area (Å²) in [5.74, 6) is 0.703. The van der Waals surface area contributed by atoms with Crippen LogP contribution in [0.3, 0.4) is 0 Å². The molecule has 0 amide bonds. The zero-order valence-electron chi connectivity index (χ0n) is 24.2. The number of allylic oxidation sites excluding steroid dienone is 1. The van der Waals surface area contributed by atoms with E-state index in [2.05, 4.69) is 55.0 Å². The van der Waals surface area contributed by atoms with Crippen molar-refractivity contribution >= 4 is 5.97 Å². The highest BCUT2D eigenvalue weighted by atomic mass is 16.5. The Kier molecular flexibility index (Phi) is 25.5. The molecule has 2 atom stereocenters. The molecule has 1 rings (SSSR count). The van der Waals surface area contributed by atoms with Crippen LogP contribution in [0.2, 0.25) is 0 Å². The van der Waals surface area contributed by atoms with Gasteiger partial charge >= 0.3 is 5.97 Å². The molecule has 2 unspecified atom stereocenters. The summed E-state index contributed by atoms with van der Waals surface area (Å²) in [4.78, 5) is 11.6. The molecule has 1 fully saturated rings. The van der Waals surface area contributed by atoms with Crippen molar-refractivity contribution in [2.24, 2.45) is 28.2 Å². The monoisotopic (exact) mass is 470 g/mol. The second-order valence-corrected chi connectivity index (χ2v) is 10.9. The predicted octanol–water partition coefficient (Wildman–Crippen LogP) is 8.04. The van der Waals surface area contributed by atoms with Crippen LogP contribution in [0.4, 0.5) is 0 Å². The third-order valence-corrected chi connectivity index (χ3v) is 5.78. The smallest absolute Gasteiger partial charge is 0.306 e. The van der Waals surface area contributed by atoms with E-state index in [1.54, 1.807) is 0 Å². The lowest BCUT2D eigenvalue weighted by atomic mass is 9.98. The van der Waals surface area contributed by atoms with Gasteiger partial charge in [-0.2, -0.15) is 0 Å². The number of nitrogens with two attached hydrogens (primary N) is 2. The van der Waals surface area contributed by atoms with Crippen LogP contribution in [0.5, 0.6) is 0 Å². The number of ether oxygens (including phenoxy) is 1. The maximum Gasteiger partial charge on any atom is 0.306 e. The molecule has 0 heterocycles. The lowest BCUT2D eigenvalue weighted by Crippen LogP contribution is -2.18. The number of rotatable bonds is 13. The van der Waals surface area contributed by atoms with Gasteiger partial charge in [0, 0.05) is 0 Å². The van der Waals surface area contributed by atoms with Crippen molar-refractivity contribution in [3.63, 3.8) is 0 Å². The summed E-state index contributed by atoms with van der Waals surface area (Å²) in [6, 6.07) is 0. The highest BCUT2D eigenvalue weighted by Gasteiger charge is 2.48. The molecule has 0 spiro atoms.